The van der Waals surface area contributed by atoms with Crippen molar-refractivity contribution in [1.82, 2.24) is 5.32 Å². The Morgan fingerprint density at radius 1 is 1.64 bits per heavy atom. The Morgan fingerprint density at radius 3 is 2.64 bits per heavy atom. The van der Waals surface area contributed by atoms with Gasteiger partial charge < -0.3 is 15.8 Å². The number of hydrogen-bond acceptors (Lipinski definition) is 3. The minimum atomic E-state index is -0.164. The molecule has 4 nitrogen and oxygen atoms in total. The summed E-state index contributed by atoms with van der Waals surface area (Å²) in [6.45, 7) is 0. The minimum absolute atomic E-state index is 0.0875. The van der Waals surface area contributed by atoms with E-state index in [0.29, 0.717) is 6.42 Å². The van der Waals surface area contributed by atoms with E-state index in [0.717, 1.165) is 19.3 Å². The van der Waals surface area contributed by atoms with E-state index in [9.17, 15) is 4.79 Å². The zero-order chi connectivity index (χ0) is 10.2. The first kappa shape index (κ1) is 9.93. The van der Waals surface area contributed by atoms with Crippen molar-refractivity contribution in [3.05, 3.63) is 0 Å². The normalized spacial score (nSPS) is 33.3. The van der Waals surface area contributed by atoms with Gasteiger partial charge in [0.25, 0.3) is 0 Å². The van der Waals surface area contributed by atoms with E-state index in [2.05, 4.69) is 5.32 Å². The molecule has 0 heterocycles. The van der Waals surface area contributed by atoms with Gasteiger partial charge >= 0.3 is 0 Å². The quantitative estimate of drug-likeness (QED) is 0.676. The van der Waals surface area contributed by atoms with Crippen molar-refractivity contribution in [3.63, 3.8) is 0 Å². The summed E-state index contributed by atoms with van der Waals surface area (Å²) < 4.78 is 5.38. The van der Waals surface area contributed by atoms with Gasteiger partial charge in [-0.2, -0.15) is 0 Å². The second kappa shape index (κ2) is 3.51. The molecule has 0 saturated heterocycles. The number of amides is 1. The molecule has 2 fully saturated rings. The fourth-order valence-corrected chi connectivity index (χ4v) is 1.96. The van der Waals surface area contributed by atoms with Crippen molar-refractivity contribution in [1.29, 1.82) is 0 Å². The highest BCUT2D eigenvalue weighted by atomic mass is 16.5. The van der Waals surface area contributed by atoms with Crippen LogP contribution in [0.1, 0.15) is 32.1 Å². The molecule has 3 N–H and O–H groups in total. The molecule has 2 aliphatic rings. The standard InChI is InChI=1S/C10H18N2O2/c1-14-10(3-2-4-10)6-9(13)12-8-5-7(8)11/h7-8H,2-6,11H2,1H3,(H,12,13). The van der Waals surface area contributed by atoms with Crippen LogP contribution in [0.4, 0.5) is 0 Å². The van der Waals surface area contributed by atoms with E-state index in [4.69, 9.17) is 10.5 Å². The van der Waals surface area contributed by atoms with Gasteiger partial charge in [-0.05, 0) is 25.7 Å². The van der Waals surface area contributed by atoms with E-state index < -0.39 is 0 Å². The highest BCUT2D eigenvalue weighted by Crippen LogP contribution is 2.38. The molecule has 0 aromatic heterocycles. The zero-order valence-electron chi connectivity index (χ0n) is 8.58. The highest BCUT2D eigenvalue weighted by molar-refractivity contribution is 5.78. The van der Waals surface area contributed by atoms with Crippen molar-refractivity contribution in [3.8, 4) is 0 Å². The van der Waals surface area contributed by atoms with E-state index in [1.54, 1.807) is 7.11 Å². The van der Waals surface area contributed by atoms with Crippen molar-refractivity contribution >= 4 is 5.91 Å². The maximum absolute atomic E-state index is 11.6. The van der Waals surface area contributed by atoms with Crippen LogP contribution in [0.15, 0.2) is 0 Å². The average Bonchev–Trinajstić information content (AvgIpc) is 2.74. The maximum atomic E-state index is 11.6. The highest BCUT2D eigenvalue weighted by Gasteiger charge is 2.41. The first-order valence-corrected chi connectivity index (χ1v) is 5.25. The molecule has 0 radical (unpaired) electrons. The second-order valence-electron chi connectivity index (χ2n) is 4.49. The number of methoxy groups -OCH3 is 1. The van der Waals surface area contributed by atoms with Crippen LogP contribution in [0.25, 0.3) is 0 Å². The Labute approximate surface area is 84.2 Å². The molecule has 0 spiro atoms. The first-order valence-electron chi connectivity index (χ1n) is 5.25. The van der Waals surface area contributed by atoms with Gasteiger partial charge in [0.05, 0.1) is 12.0 Å². The molecule has 1 amide bonds. The summed E-state index contributed by atoms with van der Waals surface area (Å²) in [5, 5.41) is 2.92. The molecular weight excluding hydrogens is 180 g/mol. The molecule has 0 bridgehead atoms. The lowest BCUT2D eigenvalue weighted by molar-refractivity contribution is -0.134. The van der Waals surface area contributed by atoms with Crippen molar-refractivity contribution in [2.45, 2.75) is 49.8 Å². The summed E-state index contributed by atoms with van der Waals surface area (Å²) in [7, 11) is 1.69. The molecule has 2 unspecified atom stereocenters. The Bertz CT molecular complexity index is 233. The van der Waals surface area contributed by atoms with Crippen LogP contribution in [-0.4, -0.2) is 30.7 Å². The van der Waals surface area contributed by atoms with Crippen LogP contribution >= 0.6 is 0 Å². The Balaban J connectivity index is 1.76. The van der Waals surface area contributed by atoms with Crippen molar-refractivity contribution < 1.29 is 9.53 Å². The number of carbonyl (C=O) groups is 1. The van der Waals surface area contributed by atoms with Crippen molar-refractivity contribution in [2.75, 3.05) is 7.11 Å². The van der Waals surface area contributed by atoms with Gasteiger partial charge in [-0.1, -0.05) is 0 Å². The molecule has 80 valence electrons. The summed E-state index contributed by atoms with van der Waals surface area (Å²) in [4.78, 5) is 11.6. The van der Waals surface area contributed by atoms with Crippen LogP contribution in [0.2, 0.25) is 0 Å². The van der Waals surface area contributed by atoms with E-state index in [1.165, 1.54) is 6.42 Å². The van der Waals surface area contributed by atoms with E-state index in [1.807, 2.05) is 0 Å². The summed E-state index contributed by atoms with van der Waals surface area (Å²) in [6, 6.07) is 0.398. The predicted molar refractivity (Wildman–Crippen MR) is 52.7 cm³/mol. The van der Waals surface area contributed by atoms with Gasteiger partial charge in [-0.15, -0.1) is 0 Å². The van der Waals surface area contributed by atoms with Crippen LogP contribution in [0, 0.1) is 0 Å². The fraction of sp³-hybridized carbons (Fsp3) is 0.900. The minimum Gasteiger partial charge on any atom is -0.378 e. The molecule has 4 heteroatoms. The molecule has 2 rings (SSSR count). The summed E-state index contributed by atoms with van der Waals surface area (Å²) in [6.07, 6.45) is 4.60. The van der Waals surface area contributed by atoms with Gasteiger partial charge in [0.15, 0.2) is 0 Å². The number of nitrogens with one attached hydrogen (secondary N) is 1. The maximum Gasteiger partial charge on any atom is 0.223 e. The topological polar surface area (TPSA) is 64.3 Å². The second-order valence-corrected chi connectivity index (χ2v) is 4.49. The number of rotatable bonds is 4. The molecule has 0 aliphatic heterocycles. The third-order valence-electron chi connectivity index (χ3n) is 3.37. The van der Waals surface area contributed by atoms with Crippen LogP contribution in [0.5, 0.6) is 0 Å². The van der Waals surface area contributed by atoms with Crippen LogP contribution < -0.4 is 11.1 Å². The monoisotopic (exact) mass is 198 g/mol. The van der Waals surface area contributed by atoms with Crippen LogP contribution in [0.3, 0.4) is 0 Å². The molecule has 0 aromatic carbocycles. The Kier molecular flexibility index (Phi) is 2.49. The van der Waals surface area contributed by atoms with Crippen molar-refractivity contribution in [2.24, 2.45) is 5.73 Å². The number of hydrogen-bond donors (Lipinski definition) is 2. The summed E-state index contributed by atoms with van der Waals surface area (Å²) in [5.74, 6) is 0.0875. The van der Waals surface area contributed by atoms with Crippen LogP contribution in [-0.2, 0) is 9.53 Å². The van der Waals surface area contributed by atoms with E-state index >= 15 is 0 Å². The summed E-state index contributed by atoms with van der Waals surface area (Å²) >= 11 is 0. The third-order valence-corrected chi connectivity index (χ3v) is 3.37. The SMILES string of the molecule is COC1(CC(=O)NC2CC2N)CCC1. The fourth-order valence-electron chi connectivity index (χ4n) is 1.96. The lowest BCUT2D eigenvalue weighted by Crippen LogP contribution is -2.44. The number of ether oxygens (including phenoxy) is 1. The third kappa shape index (κ3) is 1.91. The number of nitrogens with two attached hydrogens (primary N) is 1. The molecule has 2 saturated carbocycles. The van der Waals surface area contributed by atoms with Gasteiger partial charge in [-0.25, -0.2) is 0 Å². The Hall–Kier alpha value is -0.610. The molecular formula is C10H18N2O2. The van der Waals surface area contributed by atoms with Gasteiger partial charge in [-0.3, -0.25) is 4.79 Å². The smallest absolute Gasteiger partial charge is 0.223 e. The predicted octanol–water partition coefficient (Wildman–Crippen LogP) is 0.161. The molecule has 2 aliphatic carbocycles. The summed E-state index contributed by atoms with van der Waals surface area (Å²) in [5.41, 5.74) is 5.45. The Morgan fingerprint density at radius 2 is 2.29 bits per heavy atom. The lowest BCUT2D eigenvalue weighted by atomic mass is 9.77. The molecule has 0 aromatic rings. The van der Waals surface area contributed by atoms with E-state index in [-0.39, 0.29) is 23.6 Å². The van der Waals surface area contributed by atoms with Gasteiger partial charge in [0.1, 0.15) is 0 Å². The largest absolute Gasteiger partial charge is 0.378 e. The number of carbonyl (C=O) groups excluding carboxylic acids is 1. The lowest BCUT2D eigenvalue weighted by Gasteiger charge is -2.39. The van der Waals surface area contributed by atoms with Gasteiger partial charge in [0.2, 0.25) is 5.91 Å². The zero-order valence-corrected chi connectivity index (χ0v) is 8.58. The molecule has 14 heavy (non-hydrogen) atoms. The first-order chi connectivity index (χ1) is 6.65. The molecule has 2 atom stereocenters. The average molecular weight is 198 g/mol. The van der Waals surface area contributed by atoms with Gasteiger partial charge in [0, 0.05) is 19.2 Å².